The highest BCUT2D eigenvalue weighted by Crippen LogP contribution is 2.33. The summed E-state index contributed by atoms with van der Waals surface area (Å²) < 4.78 is 30.4. The Kier molecular flexibility index (Phi) is 6.34. The van der Waals surface area contributed by atoms with Crippen LogP contribution >= 0.6 is 11.3 Å². The fourth-order valence-electron chi connectivity index (χ4n) is 5.43. The molecule has 1 aliphatic rings. The van der Waals surface area contributed by atoms with Crippen molar-refractivity contribution in [1.82, 2.24) is 23.2 Å². The average Bonchev–Trinajstić information content (AvgIpc) is 3.71. The van der Waals surface area contributed by atoms with Crippen molar-refractivity contribution in [3.8, 4) is 0 Å². The van der Waals surface area contributed by atoms with Crippen LogP contribution in [0.2, 0.25) is 0 Å². The summed E-state index contributed by atoms with van der Waals surface area (Å²) in [4.78, 5) is 39.9. The molecule has 0 spiro atoms. The Hall–Kier alpha value is -4.59. The topological polar surface area (TPSA) is 122 Å². The van der Waals surface area contributed by atoms with Crippen LogP contribution in [-0.2, 0) is 21.2 Å². The normalized spacial score (nSPS) is 13.4. The van der Waals surface area contributed by atoms with Gasteiger partial charge in [0.1, 0.15) is 4.70 Å². The Morgan fingerprint density at radius 2 is 1.84 bits per heavy atom. The van der Waals surface area contributed by atoms with Crippen LogP contribution in [-0.4, -0.2) is 64.8 Å². The lowest BCUT2D eigenvalue weighted by Crippen LogP contribution is -2.36. The van der Waals surface area contributed by atoms with Gasteiger partial charge in [0, 0.05) is 24.1 Å². The molecule has 7 rings (SSSR count). The summed E-state index contributed by atoms with van der Waals surface area (Å²) in [5, 5.41) is 5.45. The quantitative estimate of drug-likeness (QED) is 0.299. The van der Waals surface area contributed by atoms with Crippen LogP contribution in [0.5, 0.6) is 0 Å². The molecule has 6 aromatic rings. The Morgan fingerprint density at radius 3 is 2.60 bits per heavy atom. The van der Waals surface area contributed by atoms with Crippen LogP contribution in [0.4, 0.5) is 17.3 Å². The summed E-state index contributed by atoms with van der Waals surface area (Å²) in [6.45, 7) is 2.75. The van der Waals surface area contributed by atoms with Crippen molar-refractivity contribution in [2.24, 2.45) is 0 Å². The van der Waals surface area contributed by atoms with Gasteiger partial charge < -0.3 is 15.1 Å². The molecular formula is C30H27N7O4S2. The zero-order valence-electron chi connectivity index (χ0n) is 23.6. The number of anilines is 3. The molecule has 0 unspecified atom stereocenters. The number of nitrogens with one attached hydrogen (secondary N) is 1. The van der Waals surface area contributed by atoms with Gasteiger partial charge in [-0.15, -0.1) is 11.3 Å². The molecule has 13 heteroatoms. The van der Waals surface area contributed by atoms with Crippen molar-refractivity contribution < 1.29 is 13.2 Å². The smallest absolute Gasteiger partial charge is 0.278 e. The predicted molar refractivity (Wildman–Crippen MR) is 168 cm³/mol. The number of benzene rings is 2. The summed E-state index contributed by atoms with van der Waals surface area (Å²) >= 11 is 1.28. The van der Waals surface area contributed by atoms with E-state index in [0.717, 1.165) is 27.2 Å². The molecule has 0 radical (unpaired) electrons. The summed E-state index contributed by atoms with van der Waals surface area (Å²) in [5.74, 6) is 0.101. The van der Waals surface area contributed by atoms with Gasteiger partial charge >= 0.3 is 0 Å². The number of aryl methyl sites for hydroxylation is 1. The highest BCUT2D eigenvalue weighted by atomic mass is 32.2. The number of fused-ring (bicyclic) bond motifs is 5. The second kappa shape index (κ2) is 10.0. The molecule has 43 heavy (non-hydrogen) atoms. The van der Waals surface area contributed by atoms with Crippen molar-refractivity contribution in [3.63, 3.8) is 0 Å². The minimum atomic E-state index is -4.01. The van der Waals surface area contributed by atoms with E-state index in [0.29, 0.717) is 27.8 Å². The first kappa shape index (κ1) is 27.3. The van der Waals surface area contributed by atoms with E-state index in [9.17, 15) is 18.0 Å². The largest absolute Gasteiger partial charge is 0.325 e. The van der Waals surface area contributed by atoms with E-state index < -0.39 is 10.0 Å². The number of thiophene rings is 1. The summed E-state index contributed by atoms with van der Waals surface area (Å²) in [7, 11) is -0.304. The van der Waals surface area contributed by atoms with E-state index in [1.807, 2.05) is 44.1 Å². The number of amides is 1. The molecule has 1 aliphatic heterocycles. The zero-order valence-corrected chi connectivity index (χ0v) is 25.2. The first-order valence-electron chi connectivity index (χ1n) is 13.6. The number of hydrogen-bond acceptors (Lipinski definition) is 9. The number of carbonyl (C=O) groups is 1. The van der Waals surface area contributed by atoms with Crippen LogP contribution in [0.15, 0.2) is 75.9 Å². The van der Waals surface area contributed by atoms with E-state index in [-0.39, 0.29) is 40.1 Å². The van der Waals surface area contributed by atoms with Crippen molar-refractivity contribution in [2.75, 3.05) is 37.4 Å². The molecule has 0 atom stereocenters. The van der Waals surface area contributed by atoms with Crippen LogP contribution < -0.4 is 15.8 Å². The summed E-state index contributed by atoms with van der Waals surface area (Å²) in [6.07, 6.45) is 2.18. The molecule has 0 saturated heterocycles. The third-order valence-electron chi connectivity index (χ3n) is 7.54. The summed E-state index contributed by atoms with van der Waals surface area (Å²) in [5.41, 5.74) is 3.99. The molecule has 4 aromatic heterocycles. The lowest BCUT2D eigenvalue weighted by atomic mass is 10.1. The van der Waals surface area contributed by atoms with E-state index in [1.165, 1.54) is 21.9 Å². The number of rotatable bonds is 6. The second-order valence-electron chi connectivity index (χ2n) is 10.8. The van der Waals surface area contributed by atoms with E-state index in [2.05, 4.69) is 5.32 Å². The first-order valence-corrected chi connectivity index (χ1v) is 15.9. The van der Waals surface area contributed by atoms with Crippen LogP contribution in [0.25, 0.3) is 26.9 Å². The van der Waals surface area contributed by atoms with Crippen LogP contribution in [0, 0.1) is 6.92 Å². The maximum absolute atomic E-state index is 13.8. The minimum absolute atomic E-state index is 0.00876. The van der Waals surface area contributed by atoms with Gasteiger partial charge in [0.05, 0.1) is 22.3 Å². The molecule has 5 heterocycles. The first-order chi connectivity index (χ1) is 20.6. The van der Waals surface area contributed by atoms with Crippen LogP contribution in [0.3, 0.4) is 0 Å². The molecule has 0 fully saturated rings. The third kappa shape index (κ3) is 4.47. The van der Waals surface area contributed by atoms with Gasteiger partial charge in [-0.2, -0.15) is 4.98 Å². The molecule has 218 valence electrons. The fraction of sp³-hybridized carbons (Fsp3) is 0.200. The Balaban J connectivity index is 1.41. The van der Waals surface area contributed by atoms with Gasteiger partial charge in [-0.3, -0.25) is 9.59 Å². The third-order valence-corrected chi connectivity index (χ3v) is 10.1. The summed E-state index contributed by atoms with van der Waals surface area (Å²) in [6, 6.07) is 15.6. The van der Waals surface area contributed by atoms with Crippen molar-refractivity contribution in [3.05, 3.63) is 87.7 Å². The highest BCUT2D eigenvalue weighted by Gasteiger charge is 2.27. The number of nitrogens with zero attached hydrogens (tertiary/aromatic N) is 6. The Bertz CT molecular complexity index is 2250. The van der Waals surface area contributed by atoms with E-state index in [4.69, 9.17) is 9.97 Å². The van der Waals surface area contributed by atoms with Gasteiger partial charge in [0.25, 0.3) is 15.6 Å². The maximum atomic E-state index is 13.8. The van der Waals surface area contributed by atoms with Crippen molar-refractivity contribution >= 4 is 71.5 Å². The average molecular weight is 614 g/mol. The lowest BCUT2D eigenvalue weighted by molar-refractivity contribution is -0.119. The standard InChI is InChI=1S/C30H27N7O4S2/c1-18-4-8-21(9-5-18)43(40,41)36-14-11-22-27(36)33-30(37-28(22)32-23-12-15-42-26(23)29(37)39)31-20-7-6-19-10-13-35(24(19)16-20)25(38)17-34(2)3/h4-9,11-12,14-16H,10,13,17H2,1-3H3,(H,31,33). The second-order valence-corrected chi connectivity index (χ2v) is 13.5. The Morgan fingerprint density at radius 1 is 1.05 bits per heavy atom. The van der Waals surface area contributed by atoms with Crippen molar-refractivity contribution in [2.45, 2.75) is 18.2 Å². The molecule has 1 N–H and O–H groups in total. The van der Waals surface area contributed by atoms with E-state index >= 15 is 0 Å². The predicted octanol–water partition coefficient (Wildman–Crippen LogP) is 4.00. The molecule has 2 aromatic carbocycles. The molecule has 0 aliphatic carbocycles. The van der Waals surface area contributed by atoms with E-state index in [1.54, 1.807) is 46.7 Å². The zero-order chi connectivity index (χ0) is 30.0. The number of aromatic nitrogens is 4. The lowest BCUT2D eigenvalue weighted by Gasteiger charge is -2.20. The maximum Gasteiger partial charge on any atom is 0.278 e. The molecule has 1 amide bonds. The SMILES string of the molecule is Cc1ccc(S(=O)(=O)n2ccc3c2nc(Nc2ccc4c(c2)N(C(=O)CN(C)C)CC4)n2c(=O)c4sccc4nc32)cc1. The molecule has 11 nitrogen and oxygen atoms in total. The number of hydrogen-bond donors (Lipinski definition) is 1. The van der Waals surface area contributed by atoms with Crippen molar-refractivity contribution in [1.29, 1.82) is 0 Å². The monoisotopic (exact) mass is 613 g/mol. The van der Waals surface area contributed by atoms with Crippen LogP contribution in [0.1, 0.15) is 11.1 Å². The van der Waals surface area contributed by atoms with Gasteiger partial charge in [-0.1, -0.05) is 23.8 Å². The van der Waals surface area contributed by atoms with Gasteiger partial charge in [0.2, 0.25) is 11.9 Å². The number of carbonyl (C=O) groups excluding carboxylic acids is 1. The number of likely N-dealkylation sites (N-methyl/N-ethyl adjacent to an activating group) is 1. The fourth-order valence-corrected chi connectivity index (χ4v) is 7.49. The highest BCUT2D eigenvalue weighted by molar-refractivity contribution is 7.90. The Labute approximate surface area is 250 Å². The minimum Gasteiger partial charge on any atom is -0.325 e. The van der Waals surface area contributed by atoms with Gasteiger partial charge in [0.15, 0.2) is 11.3 Å². The molecule has 0 saturated carbocycles. The molecule has 0 bridgehead atoms. The van der Waals surface area contributed by atoms with Gasteiger partial charge in [-0.25, -0.2) is 21.8 Å². The molecular weight excluding hydrogens is 587 g/mol. The van der Waals surface area contributed by atoms with Gasteiger partial charge in [-0.05, 0) is 74.8 Å².